The summed E-state index contributed by atoms with van der Waals surface area (Å²) < 4.78 is 10.7. The minimum absolute atomic E-state index is 0.443. The van der Waals surface area contributed by atoms with Crippen molar-refractivity contribution >= 4 is 12.2 Å². The van der Waals surface area contributed by atoms with E-state index in [1.54, 1.807) is 7.11 Å². The van der Waals surface area contributed by atoms with Gasteiger partial charge in [0.2, 0.25) is 0 Å². The van der Waals surface area contributed by atoms with Gasteiger partial charge in [-0.2, -0.15) is 5.10 Å². The molecule has 1 atom stereocenters. The molecule has 2 aliphatic carbocycles. The number of aromatic nitrogens is 3. The van der Waals surface area contributed by atoms with Crippen molar-refractivity contribution in [3.05, 3.63) is 40.4 Å². The first-order chi connectivity index (χ1) is 12.7. The highest BCUT2D eigenvalue weighted by Crippen LogP contribution is 2.44. The molecule has 1 aliphatic heterocycles. The number of benzene rings is 1. The number of likely N-dealkylation sites (tertiary alicyclic amines) is 1. The average molecular weight is 371 g/mol. The molecule has 0 amide bonds. The molecule has 6 heteroatoms. The van der Waals surface area contributed by atoms with Gasteiger partial charge in [0.1, 0.15) is 11.6 Å². The Hall–Kier alpha value is -1.66. The van der Waals surface area contributed by atoms with Crippen LogP contribution in [0, 0.1) is 4.77 Å². The fourth-order valence-corrected chi connectivity index (χ4v) is 4.54. The molecule has 2 saturated carbocycles. The molecule has 0 unspecified atom stereocenters. The van der Waals surface area contributed by atoms with Gasteiger partial charge in [-0.15, -0.1) is 0 Å². The van der Waals surface area contributed by atoms with E-state index in [9.17, 15) is 0 Å². The van der Waals surface area contributed by atoms with Gasteiger partial charge in [0.15, 0.2) is 4.77 Å². The van der Waals surface area contributed by atoms with E-state index in [1.165, 1.54) is 49.9 Å². The van der Waals surface area contributed by atoms with E-state index in [1.807, 2.05) is 0 Å². The van der Waals surface area contributed by atoms with E-state index >= 15 is 0 Å². The van der Waals surface area contributed by atoms with Gasteiger partial charge in [-0.05, 0) is 68.4 Å². The molecule has 2 aromatic rings. The minimum Gasteiger partial charge on any atom is -0.497 e. The van der Waals surface area contributed by atoms with Crippen LogP contribution in [0.25, 0.3) is 0 Å². The monoisotopic (exact) mass is 370 g/mol. The number of nitrogens with zero attached hydrogens (tertiary/aromatic N) is 4. The Kier molecular flexibility index (Phi) is 4.13. The van der Waals surface area contributed by atoms with Crippen LogP contribution in [0.5, 0.6) is 5.75 Å². The highest BCUT2D eigenvalue weighted by atomic mass is 32.1. The van der Waals surface area contributed by atoms with Crippen LogP contribution in [0.3, 0.4) is 0 Å². The van der Waals surface area contributed by atoms with E-state index in [0.717, 1.165) is 23.7 Å². The van der Waals surface area contributed by atoms with Crippen molar-refractivity contribution in [2.75, 3.05) is 13.7 Å². The lowest BCUT2D eigenvalue weighted by Gasteiger charge is -2.24. The Morgan fingerprint density at radius 2 is 1.88 bits per heavy atom. The largest absolute Gasteiger partial charge is 0.497 e. The maximum Gasteiger partial charge on any atom is 0.199 e. The van der Waals surface area contributed by atoms with Crippen molar-refractivity contribution in [3.8, 4) is 5.75 Å². The predicted molar refractivity (Wildman–Crippen MR) is 103 cm³/mol. The fraction of sp³-hybridized carbons (Fsp3) is 0.600. The minimum atomic E-state index is 0.443. The van der Waals surface area contributed by atoms with E-state index < -0.39 is 0 Å². The second kappa shape index (κ2) is 6.50. The molecule has 3 fully saturated rings. The molecule has 1 aromatic heterocycles. The van der Waals surface area contributed by atoms with Crippen molar-refractivity contribution < 1.29 is 4.74 Å². The molecule has 5 rings (SSSR count). The van der Waals surface area contributed by atoms with E-state index in [4.69, 9.17) is 22.1 Å². The summed E-state index contributed by atoms with van der Waals surface area (Å²) in [4.78, 5) is 2.53. The zero-order valence-electron chi connectivity index (χ0n) is 15.3. The van der Waals surface area contributed by atoms with Crippen LogP contribution in [-0.4, -0.2) is 32.9 Å². The molecule has 1 saturated heterocycles. The first-order valence-electron chi connectivity index (χ1n) is 9.82. The Balaban J connectivity index is 1.39. The maximum absolute atomic E-state index is 5.82. The zero-order chi connectivity index (χ0) is 17.7. The first-order valence-corrected chi connectivity index (χ1v) is 10.2. The van der Waals surface area contributed by atoms with Crippen LogP contribution < -0.4 is 4.74 Å². The normalized spacial score (nSPS) is 23.5. The average Bonchev–Trinajstić information content (AvgIpc) is 3.59. The van der Waals surface area contributed by atoms with Gasteiger partial charge in [-0.3, -0.25) is 4.90 Å². The lowest BCUT2D eigenvalue weighted by atomic mass is 10.0. The van der Waals surface area contributed by atoms with Gasteiger partial charge in [0.05, 0.1) is 13.8 Å². The number of hydrogen-bond donors (Lipinski definition) is 0. The van der Waals surface area contributed by atoms with Crippen molar-refractivity contribution in [2.24, 2.45) is 0 Å². The molecule has 5 nitrogen and oxygen atoms in total. The Morgan fingerprint density at radius 3 is 2.54 bits per heavy atom. The highest BCUT2D eigenvalue weighted by molar-refractivity contribution is 7.71. The number of hydrogen-bond acceptors (Lipinski definition) is 4. The maximum atomic E-state index is 5.82. The summed E-state index contributed by atoms with van der Waals surface area (Å²) in [7, 11) is 1.71. The molecule has 0 radical (unpaired) electrons. The molecule has 26 heavy (non-hydrogen) atoms. The van der Waals surface area contributed by atoms with E-state index in [-0.39, 0.29) is 0 Å². The van der Waals surface area contributed by atoms with E-state index in [0.29, 0.717) is 18.0 Å². The smallest absolute Gasteiger partial charge is 0.199 e. The molecule has 0 bridgehead atoms. The Labute approximate surface area is 159 Å². The lowest BCUT2D eigenvalue weighted by molar-refractivity contribution is 0.189. The molecule has 3 aliphatic rings. The molecule has 0 N–H and O–H groups in total. The topological polar surface area (TPSA) is 35.2 Å². The number of ether oxygens (including phenoxy) is 1. The van der Waals surface area contributed by atoms with Gasteiger partial charge in [0, 0.05) is 24.5 Å². The standard InChI is InChI=1S/C20H26N4OS/c1-25-17-10-6-14(7-11-17)18-3-2-12-22(18)13-23-20(26)24(16-8-9-16)19(21-23)15-4-5-15/h6-7,10-11,15-16,18H,2-5,8-9,12-13H2,1H3/t18-/m1/s1. The van der Waals surface area contributed by atoms with Gasteiger partial charge in [-0.25, -0.2) is 4.68 Å². The summed E-state index contributed by atoms with van der Waals surface area (Å²) >= 11 is 5.82. The fourth-order valence-electron chi connectivity index (χ4n) is 4.20. The van der Waals surface area contributed by atoms with Crippen LogP contribution in [0.2, 0.25) is 0 Å². The summed E-state index contributed by atoms with van der Waals surface area (Å²) in [6.07, 6.45) is 7.49. The third-order valence-electron chi connectivity index (χ3n) is 5.93. The van der Waals surface area contributed by atoms with Crippen LogP contribution in [-0.2, 0) is 6.67 Å². The molecule has 1 aromatic carbocycles. The molecular weight excluding hydrogens is 344 g/mol. The third kappa shape index (κ3) is 2.99. The highest BCUT2D eigenvalue weighted by Gasteiger charge is 2.36. The summed E-state index contributed by atoms with van der Waals surface area (Å²) in [5.74, 6) is 2.81. The zero-order valence-corrected chi connectivity index (χ0v) is 16.1. The van der Waals surface area contributed by atoms with Crippen LogP contribution >= 0.6 is 12.2 Å². The number of rotatable bonds is 6. The summed E-state index contributed by atoms with van der Waals surface area (Å²) in [6.45, 7) is 1.91. The van der Waals surface area contributed by atoms with Crippen molar-refractivity contribution in [1.82, 2.24) is 19.2 Å². The number of methoxy groups -OCH3 is 1. The van der Waals surface area contributed by atoms with Gasteiger partial charge in [-0.1, -0.05) is 12.1 Å². The molecule has 2 heterocycles. The summed E-state index contributed by atoms with van der Waals surface area (Å²) in [5, 5.41) is 4.97. The van der Waals surface area contributed by atoms with Gasteiger partial charge in [0.25, 0.3) is 0 Å². The third-order valence-corrected chi connectivity index (χ3v) is 6.34. The van der Waals surface area contributed by atoms with Gasteiger partial charge >= 0.3 is 0 Å². The van der Waals surface area contributed by atoms with E-state index in [2.05, 4.69) is 38.4 Å². The summed E-state index contributed by atoms with van der Waals surface area (Å²) in [6, 6.07) is 9.56. The SMILES string of the molecule is COc1ccc([C@H]2CCCN2Cn2nc(C3CC3)n(C3CC3)c2=S)cc1. The van der Waals surface area contributed by atoms with Crippen LogP contribution in [0.4, 0.5) is 0 Å². The van der Waals surface area contributed by atoms with Crippen LogP contribution in [0.1, 0.15) is 67.9 Å². The quantitative estimate of drug-likeness (QED) is 0.705. The predicted octanol–water partition coefficient (Wildman–Crippen LogP) is 4.43. The lowest BCUT2D eigenvalue weighted by Crippen LogP contribution is -2.27. The van der Waals surface area contributed by atoms with Crippen molar-refractivity contribution in [2.45, 2.75) is 63.2 Å². The summed E-state index contributed by atoms with van der Waals surface area (Å²) in [5.41, 5.74) is 1.36. The van der Waals surface area contributed by atoms with Crippen molar-refractivity contribution in [3.63, 3.8) is 0 Å². The Morgan fingerprint density at radius 1 is 1.12 bits per heavy atom. The second-order valence-electron chi connectivity index (χ2n) is 7.90. The van der Waals surface area contributed by atoms with Gasteiger partial charge < -0.3 is 9.30 Å². The molecule has 138 valence electrons. The molecular formula is C20H26N4OS. The second-order valence-corrected chi connectivity index (χ2v) is 8.27. The van der Waals surface area contributed by atoms with Crippen molar-refractivity contribution in [1.29, 1.82) is 0 Å². The Bertz CT molecular complexity index is 848. The first kappa shape index (κ1) is 16.5. The molecule has 0 spiro atoms. The van der Waals surface area contributed by atoms with Crippen LogP contribution in [0.15, 0.2) is 24.3 Å².